The fourth-order valence-corrected chi connectivity index (χ4v) is 4.22. The molecule has 12 heteroatoms. The molecule has 1 fully saturated rings. The van der Waals surface area contributed by atoms with Gasteiger partial charge in [-0.25, -0.2) is 9.78 Å². The second kappa shape index (κ2) is 10.2. The van der Waals surface area contributed by atoms with Gasteiger partial charge in [-0.05, 0) is 39.0 Å². The first-order valence-electron chi connectivity index (χ1n) is 10.7. The van der Waals surface area contributed by atoms with E-state index in [0.717, 1.165) is 12.1 Å². The van der Waals surface area contributed by atoms with Crippen LogP contribution in [0.5, 0.6) is 0 Å². The second-order valence-corrected chi connectivity index (χ2v) is 8.16. The number of carbonyl (C=O) groups is 1. The predicted octanol–water partition coefficient (Wildman–Crippen LogP) is 4.18. The van der Waals surface area contributed by atoms with Crippen LogP contribution in [0.3, 0.4) is 0 Å². The predicted molar refractivity (Wildman–Crippen MR) is 121 cm³/mol. The summed E-state index contributed by atoms with van der Waals surface area (Å²) in [7, 11) is 1.29. The molecule has 0 saturated carbocycles. The molecule has 1 N–H and O–H groups in total. The third-order valence-electron chi connectivity index (χ3n) is 5.61. The Balaban J connectivity index is 2.00. The number of ether oxygens (including phenoxy) is 2. The topological polar surface area (TPSA) is 85.7 Å². The van der Waals surface area contributed by atoms with Crippen molar-refractivity contribution in [1.82, 2.24) is 14.5 Å². The highest BCUT2D eigenvalue weighted by molar-refractivity contribution is 6.33. The smallest absolute Gasteiger partial charge is 0.416 e. The van der Waals surface area contributed by atoms with Gasteiger partial charge in [0.15, 0.2) is 0 Å². The van der Waals surface area contributed by atoms with Crippen LogP contribution in [0.2, 0.25) is 5.02 Å². The SMILES string of the molecule is CCO[C@H]1CN(C(=O)OC)CC1Nc1c(C)nc(-c2ccc(C(F)(F)F)cc2Cl)n(CC)c1=O. The maximum Gasteiger partial charge on any atom is 0.416 e. The number of methoxy groups -OCH3 is 1. The van der Waals surface area contributed by atoms with Crippen LogP contribution in [-0.2, 0) is 22.2 Å². The van der Waals surface area contributed by atoms with E-state index in [2.05, 4.69) is 10.3 Å². The zero-order valence-electron chi connectivity index (χ0n) is 19.2. The number of aryl methyl sites for hydroxylation is 1. The summed E-state index contributed by atoms with van der Waals surface area (Å²) in [5.41, 5.74) is -0.525. The maximum atomic E-state index is 13.4. The number of carbonyl (C=O) groups excluding carboxylic acids is 1. The fraction of sp³-hybridized carbons (Fsp3) is 0.500. The largest absolute Gasteiger partial charge is 0.453 e. The average molecular weight is 503 g/mol. The maximum absolute atomic E-state index is 13.4. The van der Waals surface area contributed by atoms with Crippen molar-refractivity contribution >= 4 is 23.4 Å². The lowest BCUT2D eigenvalue weighted by Gasteiger charge is -2.22. The van der Waals surface area contributed by atoms with Gasteiger partial charge in [0.2, 0.25) is 0 Å². The summed E-state index contributed by atoms with van der Waals surface area (Å²) in [6.07, 6.45) is -5.41. The van der Waals surface area contributed by atoms with Gasteiger partial charge in [0, 0.05) is 25.3 Å². The van der Waals surface area contributed by atoms with Gasteiger partial charge in [-0.3, -0.25) is 9.36 Å². The number of nitrogens with zero attached hydrogens (tertiary/aromatic N) is 3. The molecule has 0 aliphatic carbocycles. The van der Waals surface area contributed by atoms with Crippen molar-refractivity contribution in [3.05, 3.63) is 44.8 Å². The highest BCUT2D eigenvalue weighted by Crippen LogP contribution is 2.35. The van der Waals surface area contributed by atoms with Gasteiger partial charge in [-0.1, -0.05) is 11.6 Å². The van der Waals surface area contributed by atoms with Crippen LogP contribution < -0.4 is 10.9 Å². The summed E-state index contributed by atoms with van der Waals surface area (Å²) in [4.78, 5) is 31.3. The fourth-order valence-electron chi connectivity index (χ4n) is 3.96. The number of anilines is 1. The molecule has 1 amide bonds. The minimum atomic E-state index is -4.54. The van der Waals surface area contributed by atoms with E-state index < -0.39 is 29.4 Å². The first-order chi connectivity index (χ1) is 16.0. The zero-order valence-corrected chi connectivity index (χ0v) is 20.0. The Morgan fingerprint density at radius 1 is 1.29 bits per heavy atom. The van der Waals surface area contributed by atoms with E-state index in [-0.39, 0.29) is 41.3 Å². The second-order valence-electron chi connectivity index (χ2n) is 7.76. The third-order valence-corrected chi connectivity index (χ3v) is 5.93. The number of amides is 1. The van der Waals surface area contributed by atoms with Crippen molar-refractivity contribution in [3.8, 4) is 11.4 Å². The quantitative estimate of drug-likeness (QED) is 0.638. The summed E-state index contributed by atoms with van der Waals surface area (Å²) >= 11 is 6.16. The van der Waals surface area contributed by atoms with Crippen LogP contribution in [0, 0.1) is 6.92 Å². The van der Waals surface area contributed by atoms with Crippen molar-refractivity contribution in [2.45, 2.75) is 45.6 Å². The first kappa shape index (κ1) is 25.8. The van der Waals surface area contributed by atoms with E-state index in [1.54, 1.807) is 13.8 Å². The number of benzene rings is 1. The molecule has 186 valence electrons. The molecule has 1 saturated heterocycles. The molecule has 2 atom stereocenters. The van der Waals surface area contributed by atoms with Crippen molar-refractivity contribution in [2.24, 2.45) is 0 Å². The van der Waals surface area contributed by atoms with Gasteiger partial charge in [-0.2, -0.15) is 13.2 Å². The number of nitrogens with one attached hydrogen (secondary N) is 1. The molecule has 34 heavy (non-hydrogen) atoms. The van der Waals surface area contributed by atoms with E-state index in [9.17, 15) is 22.8 Å². The van der Waals surface area contributed by atoms with Crippen molar-refractivity contribution in [2.75, 3.05) is 32.1 Å². The van der Waals surface area contributed by atoms with E-state index in [1.807, 2.05) is 6.92 Å². The Kier molecular flexibility index (Phi) is 7.77. The summed E-state index contributed by atoms with van der Waals surface area (Å²) < 4.78 is 51.0. The molecule has 2 heterocycles. The van der Waals surface area contributed by atoms with Crippen LogP contribution in [-0.4, -0.2) is 59.5 Å². The summed E-state index contributed by atoms with van der Waals surface area (Å²) in [5.74, 6) is 0.165. The number of halogens is 4. The monoisotopic (exact) mass is 502 g/mol. The average Bonchev–Trinajstić information content (AvgIpc) is 3.18. The summed E-state index contributed by atoms with van der Waals surface area (Å²) in [5, 5.41) is 3.00. The molecule has 0 spiro atoms. The Labute approximate surface area is 199 Å². The molecule has 1 aliphatic heterocycles. The minimum absolute atomic E-state index is 0.162. The minimum Gasteiger partial charge on any atom is -0.453 e. The highest BCUT2D eigenvalue weighted by atomic mass is 35.5. The molecule has 0 bridgehead atoms. The molecule has 1 aromatic carbocycles. The van der Waals surface area contributed by atoms with Gasteiger partial charge in [0.25, 0.3) is 5.56 Å². The number of likely N-dealkylation sites (tertiary alicyclic amines) is 1. The summed E-state index contributed by atoms with van der Waals surface area (Å²) in [6.45, 7) is 6.36. The van der Waals surface area contributed by atoms with Crippen molar-refractivity contribution in [3.63, 3.8) is 0 Å². The molecule has 3 rings (SSSR count). The van der Waals surface area contributed by atoms with Crippen molar-refractivity contribution in [1.29, 1.82) is 0 Å². The molecular weight excluding hydrogens is 477 g/mol. The van der Waals surface area contributed by atoms with E-state index in [0.29, 0.717) is 18.8 Å². The number of alkyl halides is 3. The number of hydrogen-bond donors (Lipinski definition) is 1. The van der Waals surface area contributed by atoms with Gasteiger partial charge >= 0.3 is 12.3 Å². The summed E-state index contributed by atoms with van der Waals surface area (Å²) in [6, 6.07) is 2.54. The molecule has 8 nitrogen and oxygen atoms in total. The molecule has 1 aromatic heterocycles. The van der Waals surface area contributed by atoms with Gasteiger partial charge in [-0.15, -0.1) is 0 Å². The van der Waals surface area contributed by atoms with E-state index >= 15 is 0 Å². The Bertz CT molecular complexity index is 1120. The Hall–Kier alpha value is -2.79. The lowest BCUT2D eigenvalue weighted by atomic mass is 10.1. The van der Waals surface area contributed by atoms with E-state index in [4.69, 9.17) is 21.1 Å². The Morgan fingerprint density at radius 3 is 2.56 bits per heavy atom. The molecular formula is C22H26ClF3N4O4. The highest BCUT2D eigenvalue weighted by Gasteiger charge is 2.37. The van der Waals surface area contributed by atoms with Crippen LogP contribution >= 0.6 is 11.6 Å². The van der Waals surface area contributed by atoms with Gasteiger partial charge in [0.1, 0.15) is 11.5 Å². The van der Waals surface area contributed by atoms with Crippen LogP contribution in [0.4, 0.5) is 23.7 Å². The number of aromatic nitrogens is 2. The normalized spacial score (nSPS) is 18.3. The zero-order chi connectivity index (χ0) is 25.2. The molecule has 2 aromatic rings. The van der Waals surface area contributed by atoms with Gasteiger partial charge in [0.05, 0.1) is 42.1 Å². The lowest BCUT2D eigenvalue weighted by molar-refractivity contribution is -0.137. The van der Waals surface area contributed by atoms with Crippen LogP contribution in [0.25, 0.3) is 11.4 Å². The lowest BCUT2D eigenvalue weighted by Crippen LogP contribution is -2.38. The third kappa shape index (κ3) is 5.15. The van der Waals surface area contributed by atoms with E-state index in [1.165, 1.54) is 22.6 Å². The van der Waals surface area contributed by atoms with Crippen LogP contribution in [0.1, 0.15) is 25.1 Å². The van der Waals surface area contributed by atoms with Crippen LogP contribution in [0.15, 0.2) is 23.0 Å². The van der Waals surface area contributed by atoms with Crippen molar-refractivity contribution < 1.29 is 27.4 Å². The molecule has 0 radical (unpaired) electrons. The van der Waals surface area contributed by atoms with Gasteiger partial charge < -0.3 is 19.7 Å². The standard InChI is InChI=1S/C22H26ClF3N4O4/c1-5-30-19(14-8-7-13(9-15(14)23)22(24,25)26)27-12(3)18(20(30)31)28-16-10-29(21(32)33-4)11-17(16)34-6-2/h7-9,16-17,28H,5-6,10-11H2,1-4H3/t16?,17-/m0/s1. The number of hydrogen-bond acceptors (Lipinski definition) is 6. The molecule has 1 aliphatic rings. The first-order valence-corrected chi connectivity index (χ1v) is 11.1. The number of rotatable bonds is 6. The Morgan fingerprint density at radius 2 is 2.00 bits per heavy atom. The molecule has 1 unspecified atom stereocenters.